The Bertz CT molecular complexity index is 405. The molecule has 0 radical (unpaired) electrons. The minimum Gasteiger partial charge on any atom is -0.382 e. The molecule has 1 unspecified atom stereocenters. The van der Waals surface area contributed by atoms with Gasteiger partial charge >= 0.3 is 11.8 Å². The molecule has 1 atom stereocenters. The summed E-state index contributed by atoms with van der Waals surface area (Å²) in [4.78, 5) is 0. The van der Waals surface area contributed by atoms with Crippen LogP contribution in [-0.2, 0) is 0 Å². The van der Waals surface area contributed by atoms with E-state index in [4.69, 9.17) is 0 Å². The van der Waals surface area contributed by atoms with E-state index in [9.17, 15) is 22.7 Å². The van der Waals surface area contributed by atoms with E-state index in [2.05, 4.69) is 22.5 Å². The summed E-state index contributed by atoms with van der Waals surface area (Å²) < 4.78 is 52.1. The monoisotopic (exact) mass is 312 g/mol. The zero-order chi connectivity index (χ0) is 13.3. The molecule has 0 fully saturated rings. The molecule has 1 rings (SSSR count). The first kappa shape index (κ1) is 14.2. The van der Waals surface area contributed by atoms with Crippen LogP contribution in [0, 0.1) is 0 Å². The molecule has 0 aliphatic rings. The van der Waals surface area contributed by atoms with Crippen LogP contribution in [0.2, 0.25) is 0 Å². The van der Waals surface area contributed by atoms with Crippen LogP contribution < -0.4 is 0 Å². The second kappa shape index (κ2) is 4.78. The average molecular weight is 313 g/mol. The molecule has 0 aliphatic heterocycles. The van der Waals surface area contributed by atoms with Crippen LogP contribution in [0.4, 0.5) is 17.6 Å². The third-order valence-electron chi connectivity index (χ3n) is 2.22. The van der Waals surface area contributed by atoms with Crippen molar-refractivity contribution >= 4 is 15.9 Å². The molecule has 0 aromatic heterocycles. The van der Waals surface area contributed by atoms with Gasteiger partial charge < -0.3 is 5.11 Å². The molecule has 0 saturated heterocycles. The molecule has 17 heavy (non-hydrogen) atoms. The van der Waals surface area contributed by atoms with Gasteiger partial charge in [0.05, 0.1) is 4.48 Å². The highest BCUT2D eigenvalue weighted by atomic mass is 79.9. The summed E-state index contributed by atoms with van der Waals surface area (Å²) >= 11 is 2.24. The number of rotatable bonds is 4. The van der Waals surface area contributed by atoms with Crippen LogP contribution in [0.3, 0.4) is 0 Å². The van der Waals surface area contributed by atoms with E-state index in [1.165, 1.54) is 18.2 Å². The highest BCUT2D eigenvalue weighted by Gasteiger charge is 2.62. The van der Waals surface area contributed by atoms with Gasteiger partial charge in [-0.3, -0.25) is 0 Å². The molecule has 0 heterocycles. The van der Waals surface area contributed by atoms with E-state index in [0.717, 1.165) is 12.1 Å². The Labute approximate surface area is 104 Å². The summed E-state index contributed by atoms with van der Waals surface area (Å²) in [6.07, 6.45) is -2.60. The van der Waals surface area contributed by atoms with Gasteiger partial charge in [0.2, 0.25) is 0 Å². The SMILES string of the molecule is C=C(Br)C(F)(F)C(F)(F)C(O)c1ccccc1. The normalized spacial score (nSPS) is 14.5. The van der Waals surface area contributed by atoms with Crippen LogP contribution in [0.15, 0.2) is 41.4 Å². The predicted octanol–water partition coefficient (Wildman–Crippen LogP) is 3.90. The van der Waals surface area contributed by atoms with E-state index in [0.29, 0.717) is 0 Å². The van der Waals surface area contributed by atoms with Gasteiger partial charge in [0.15, 0.2) is 0 Å². The summed E-state index contributed by atoms with van der Waals surface area (Å²) in [5, 5.41) is 9.34. The first-order valence-corrected chi connectivity index (χ1v) is 5.34. The molecule has 0 bridgehead atoms. The lowest BCUT2D eigenvalue weighted by molar-refractivity contribution is -0.233. The van der Waals surface area contributed by atoms with Gasteiger partial charge in [0.25, 0.3) is 0 Å². The molecule has 6 heteroatoms. The average Bonchev–Trinajstić information content (AvgIpc) is 2.28. The Hall–Kier alpha value is -0.880. The minimum absolute atomic E-state index is 0.286. The van der Waals surface area contributed by atoms with Crippen molar-refractivity contribution in [3.05, 3.63) is 47.0 Å². The van der Waals surface area contributed by atoms with E-state index in [-0.39, 0.29) is 5.56 Å². The summed E-state index contributed by atoms with van der Waals surface area (Å²) in [6.45, 7) is 2.74. The molecular weight excluding hydrogens is 304 g/mol. The van der Waals surface area contributed by atoms with Crippen LogP contribution in [0.25, 0.3) is 0 Å². The fourth-order valence-corrected chi connectivity index (χ4v) is 1.46. The number of halogens is 5. The Morgan fingerprint density at radius 1 is 1.18 bits per heavy atom. The lowest BCUT2D eigenvalue weighted by atomic mass is 9.98. The quantitative estimate of drug-likeness (QED) is 0.836. The Morgan fingerprint density at radius 3 is 2.06 bits per heavy atom. The zero-order valence-electron chi connectivity index (χ0n) is 8.51. The third kappa shape index (κ3) is 2.52. The van der Waals surface area contributed by atoms with Gasteiger partial charge in [0.1, 0.15) is 6.10 Å². The number of allylic oxidation sites excluding steroid dienone is 1. The summed E-state index contributed by atoms with van der Waals surface area (Å²) in [5.74, 6) is -9.18. The van der Waals surface area contributed by atoms with Gasteiger partial charge in [-0.25, -0.2) is 0 Å². The first-order valence-electron chi connectivity index (χ1n) is 4.54. The molecule has 94 valence electrons. The number of alkyl halides is 4. The van der Waals surface area contributed by atoms with Crippen LogP contribution in [-0.4, -0.2) is 17.0 Å². The summed E-state index contributed by atoms with van der Waals surface area (Å²) in [6, 6.07) is 6.55. The van der Waals surface area contributed by atoms with Crippen molar-refractivity contribution in [3.63, 3.8) is 0 Å². The lowest BCUT2D eigenvalue weighted by Gasteiger charge is -2.30. The smallest absolute Gasteiger partial charge is 0.344 e. The molecule has 0 spiro atoms. The highest BCUT2D eigenvalue weighted by Crippen LogP contribution is 2.48. The maximum atomic E-state index is 13.4. The van der Waals surface area contributed by atoms with Crippen molar-refractivity contribution in [3.8, 4) is 0 Å². The van der Waals surface area contributed by atoms with Crippen molar-refractivity contribution in [2.24, 2.45) is 0 Å². The Morgan fingerprint density at radius 2 is 1.65 bits per heavy atom. The van der Waals surface area contributed by atoms with Gasteiger partial charge in [-0.15, -0.1) is 0 Å². The molecule has 1 nitrogen and oxygen atoms in total. The van der Waals surface area contributed by atoms with Gasteiger partial charge in [0, 0.05) is 0 Å². The van der Waals surface area contributed by atoms with Gasteiger partial charge in [-0.05, 0) is 21.5 Å². The maximum absolute atomic E-state index is 13.4. The third-order valence-corrected chi connectivity index (χ3v) is 2.72. The highest BCUT2D eigenvalue weighted by molar-refractivity contribution is 9.11. The molecule has 0 amide bonds. The van der Waals surface area contributed by atoms with Crippen molar-refractivity contribution in [1.82, 2.24) is 0 Å². The van der Waals surface area contributed by atoms with Crippen LogP contribution in [0.1, 0.15) is 11.7 Å². The fraction of sp³-hybridized carbons (Fsp3) is 0.273. The van der Waals surface area contributed by atoms with Crippen LogP contribution in [0.5, 0.6) is 0 Å². The zero-order valence-corrected chi connectivity index (χ0v) is 10.1. The van der Waals surface area contributed by atoms with Crippen molar-refractivity contribution in [1.29, 1.82) is 0 Å². The molecule has 0 aliphatic carbocycles. The van der Waals surface area contributed by atoms with Crippen molar-refractivity contribution in [2.45, 2.75) is 17.9 Å². The number of hydrogen-bond acceptors (Lipinski definition) is 1. The first-order chi connectivity index (χ1) is 7.71. The van der Waals surface area contributed by atoms with E-state index >= 15 is 0 Å². The Kier molecular flexibility index (Phi) is 3.99. The van der Waals surface area contributed by atoms with Crippen LogP contribution >= 0.6 is 15.9 Å². The molecule has 1 aromatic rings. The van der Waals surface area contributed by atoms with E-state index < -0.39 is 22.4 Å². The summed E-state index contributed by atoms with van der Waals surface area (Å²) in [5.41, 5.74) is -0.286. The number of aliphatic hydroxyl groups excluding tert-OH is 1. The second-order valence-corrected chi connectivity index (χ2v) is 4.37. The predicted molar refractivity (Wildman–Crippen MR) is 59.4 cm³/mol. The molecular formula is C11H9BrF4O. The number of benzene rings is 1. The number of aliphatic hydroxyl groups is 1. The standard InChI is InChI=1S/C11H9BrF4O/c1-7(12)10(13,14)11(15,16)9(17)8-5-3-2-4-6-8/h2-6,9,17H,1H2. The van der Waals surface area contributed by atoms with E-state index in [1.807, 2.05) is 0 Å². The molecule has 1 aromatic carbocycles. The van der Waals surface area contributed by atoms with E-state index in [1.54, 1.807) is 0 Å². The van der Waals surface area contributed by atoms with Gasteiger partial charge in [-0.2, -0.15) is 17.6 Å². The fourth-order valence-electron chi connectivity index (χ4n) is 1.20. The largest absolute Gasteiger partial charge is 0.382 e. The molecule has 0 saturated carbocycles. The minimum atomic E-state index is -4.64. The maximum Gasteiger partial charge on any atom is 0.344 e. The summed E-state index contributed by atoms with van der Waals surface area (Å²) in [7, 11) is 0. The van der Waals surface area contributed by atoms with Crippen molar-refractivity contribution < 1.29 is 22.7 Å². The van der Waals surface area contributed by atoms with Gasteiger partial charge in [-0.1, -0.05) is 36.9 Å². The Balaban J connectivity index is 3.11. The molecule has 1 N–H and O–H groups in total. The second-order valence-electron chi connectivity index (χ2n) is 3.42. The number of hydrogen-bond donors (Lipinski definition) is 1. The lowest BCUT2D eigenvalue weighted by Crippen LogP contribution is -2.45. The topological polar surface area (TPSA) is 20.2 Å². The van der Waals surface area contributed by atoms with Crippen molar-refractivity contribution in [2.75, 3.05) is 0 Å².